The fourth-order valence-corrected chi connectivity index (χ4v) is 0. The minimum Gasteiger partial charge on any atom is -0.106 e. The zero-order valence-electron chi connectivity index (χ0n) is 3.82. The second-order valence-electron chi connectivity index (χ2n) is 0. The molecular weight excluding hydrogens is 232 g/mol. The van der Waals surface area contributed by atoms with Crippen LogP contribution < -0.4 is 0 Å². The third-order valence-corrected chi connectivity index (χ3v) is 0. The van der Waals surface area contributed by atoms with Crippen LogP contribution in [0.2, 0.25) is 0 Å². The van der Waals surface area contributed by atoms with E-state index < -0.39 is 0 Å². The van der Waals surface area contributed by atoms with E-state index in [4.69, 9.17) is 0 Å². The van der Waals surface area contributed by atoms with E-state index in [1.54, 1.807) is 0 Å². The molecule has 0 aliphatic heterocycles. The Morgan fingerprint density at radius 2 is 1.00 bits per heavy atom. The first-order valence-electron chi connectivity index (χ1n) is 1.50. The molecule has 5 heavy (non-hydrogen) atoms. The summed E-state index contributed by atoms with van der Waals surface area (Å²) in [6.45, 7) is 10.0. The summed E-state index contributed by atoms with van der Waals surface area (Å²) >= 11 is 0. The molecule has 0 aliphatic rings. The van der Waals surface area contributed by atoms with Gasteiger partial charge in [-0.2, -0.15) is 0 Å². The van der Waals surface area contributed by atoms with Crippen LogP contribution in [-0.2, 0) is 21.1 Å². The fraction of sp³-hybridized carbons (Fsp3) is 0.500. The molecule has 0 aromatic carbocycles. The molecule has 0 spiro atoms. The van der Waals surface area contributed by atoms with E-state index in [-0.39, 0.29) is 21.1 Å². The zero-order valence-corrected chi connectivity index (χ0v) is 6.76. The Morgan fingerprint density at radius 1 is 1.00 bits per heavy atom. The Bertz CT molecular complexity index is 3.61. The molecule has 0 radical (unpaired) electrons. The minimum atomic E-state index is 0. The van der Waals surface area contributed by atoms with Crippen LogP contribution in [0.4, 0.5) is 0 Å². The SMILES string of the molecule is C=C.CC.[W]. The van der Waals surface area contributed by atoms with E-state index in [0.29, 0.717) is 0 Å². The summed E-state index contributed by atoms with van der Waals surface area (Å²) in [4.78, 5) is 0. The fourth-order valence-electron chi connectivity index (χ4n) is 0. The molecule has 0 saturated heterocycles. The number of rotatable bonds is 0. The second kappa shape index (κ2) is 284. The van der Waals surface area contributed by atoms with Gasteiger partial charge in [-0.3, -0.25) is 0 Å². The van der Waals surface area contributed by atoms with Crippen LogP contribution in [0.15, 0.2) is 13.2 Å². The Balaban J connectivity index is -0.0000000133. The van der Waals surface area contributed by atoms with Crippen molar-refractivity contribution in [3.63, 3.8) is 0 Å². The van der Waals surface area contributed by atoms with Crippen LogP contribution in [0.3, 0.4) is 0 Å². The van der Waals surface area contributed by atoms with Crippen molar-refractivity contribution in [3.05, 3.63) is 13.2 Å². The maximum absolute atomic E-state index is 3.00. The van der Waals surface area contributed by atoms with Gasteiger partial charge in [-0.15, -0.1) is 13.2 Å². The average molecular weight is 242 g/mol. The van der Waals surface area contributed by atoms with E-state index in [2.05, 4.69) is 13.2 Å². The summed E-state index contributed by atoms with van der Waals surface area (Å²) in [6.07, 6.45) is 0. The van der Waals surface area contributed by atoms with Gasteiger partial charge in [-0.05, 0) is 0 Å². The van der Waals surface area contributed by atoms with Gasteiger partial charge in [0.15, 0.2) is 0 Å². The molecular formula is C4H10W. The third kappa shape index (κ3) is 142. The van der Waals surface area contributed by atoms with Crippen molar-refractivity contribution < 1.29 is 21.1 Å². The molecule has 0 amide bonds. The van der Waals surface area contributed by atoms with Gasteiger partial charge in [-0.1, -0.05) is 13.8 Å². The van der Waals surface area contributed by atoms with Crippen molar-refractivity contribution in [1.29, 1.82) is 0 Å². The molecule has 0 atom stereocenters. The predicted molar refractivity (Wildman–Crippen MR) is 22.6 cm³/mol. The summed E-state index contributed by atoms with van der Waals surface area (Å²) in [7, 11) is 0. The maximum atomic E-state index is 3.00. The maximum Gasteiger partial charge on any atom is 0 e. The molecule has 0 N–H and O–H groups in total. The number of hydrogen-bond acceptors (Lipinski definition) is 0. The standard InChI is InChI=1S/C2H6.C2H4.W/c2*1-2;/h1-2H3;1-2H2;. The Kier molecular flexibility index (Phi) is 1020. The average Bonchev–Trinajstić information content (AvgIpc) is 1.50. The third-order valence-electron chi connectivity index (χ3n) is 0. The van der Waals surface area contributed by atoms with Crippen molar-refractivity contribution in [2.45, 2.75) is 13.8 Å². The van der Waals surface area contributed by atoms with E-state index in [1.165, 1.54) is 0 Å². The van der Waals surface area contributed by atoms with E-state index >= 15 is 0 Å². The van der Waals surface area contributed by atoms with Crippen LogP contribution in [0.5, 0.6) is 0 Å². The molecule has 0 unspecified atom stereocenters. The predicted octanol–water partition coefficient (Wildman–Crippen LogP) is 1.83. The van der Waals surface area contributed by atoms with Gasteiger partial charge < -0.3 is 0 Å². The van der Waals surface area contributed by atoms with Crippen molar-refractivity contribution >= 4 is 0 Å². The summed E-state index contributed by atoms with van der Waals surface area (Å²) in [5.74, 6) is 0. The van der Waals surface area contributed by atoms with E-state index in [9.17, 15) is 0 Å². The first kappa shape index (κ1) is 18.1. The molecule has 0 saturated carbocycles. The molecule has 32 valence electrons. The quantitative estimate of drug-likeness (QED) is 0.568. The molecule has 0 rings (SSSR count). The normalized spacial score (nSPS) is 2.00. The topological polar surface area (TPSA) is 0 Å². The first-order chi connectivity index (χ1) is 2.00. The molecule has 0 nitrogen and oxygen atoms in total. The van der Waals surface area contributed by atoms with Crippen LogP contribution in [-0.4, -0.2) is 0 Å². The first-order valence-corrected chi connectivity index (χ1v) is 1.50. The van der Waals surface area contributed by atoms with Gasteiger partial charge in [0.1, 0.15) is 0 Å². The minimum absolute atomic E-state index is 0. The van der Waals surface area contributed by atoms with Gasteiger partial charge in [0.2, 0.25) is 0 Å². The van der Waals surface area contributed by atoms with Gasteiger partial charge >= 0.3 is 0 Å². The largest absolute Gasteiger partial charge is 0.106 e. The van der Waals surface area contributed by atoms with Gasteiger partial charge in [0.25, 0.3) is 0 Å². The smallest absolute Gasteiger partial charge is 0 e. The van der Waals surface area contributed by atoms with Gasteiger partial charge in [-0.25, -0.2) is 0 Å². The van der Waals surface area contributed by atoms with Gasteiger partial charge in [0, 0.05) is 21.1 Å². The van der Waals surface area contributed by atoms with Crippen molar-refractivity contribution in [1.82, 2.24) is 0 Å². The molecule has 0 aromatic rings. The van der Waals surface area contributed by atoms with Crippen LogP contribution in [0.25, 0.3) is 0 Å². The molecule has 0 bridgehead atoms. The van der Waals surface area contributed by atoms with Gasteiger partial charge in [0.05, 0.1) is 0 Å². The molecule has 1 heteroatoms. The number of hydrogen-bond donors (Lipinski definition) is 0. The zero-order chi connectivity index (χ0) is 4.00. The van der Waals surface area contributed by atoms with Crippen molar-refractivity contribution in [2.75, 3.05) is 0 Å². The summed E-state index contributed by atoms with van der Waals surface area (Å²) < 4.78 is 0. The monoisotopic (exact) mass is 242 g/mol. The summed E-state index contributed by atoms with van der Waals surface area (Å²) in [6, 6.07) is 0. The van der Waals surface area contributed by atoms with Crippen LogP contribution in [0.1, 0.15) is 13.8 Å². The summed E-state index contributed by atoms with van der Waals surface area (Å²) in [5, 5.41) is 0. The Morgan fingerprint density at radius 3 is 1.00 bits per heavy atom. The molecule has 0 fully saturated rings. The second-order valence-corrected chi connectivity index (χ2v) is 0. The van der Waals surface area contributed by atoms with Crippen LogP contribution in [0, 0.1) is 0 Å². The van der Waals surface area contributed by atoms with Crippen molar-refractivity contribution in [2.24, 2.45) is 0 Å². The van der Waals surface area contributed by atoms with E-state index in [0.717, 1.165) is 0 Å². The Hall–Kier alpha value is 0.428. The van der Waals surface area contributed by atoms with Crippen molar-refractivity contribution in [3.8, 4) is 0 Å². The van der Waals surface area contributed by atoms with E-state index in [1.807, 2.05) is 13.8 Å². The Labute approximate surface area is 48.5 Å². The summed E-state index contributed by atoms with van der Waals surface area (Å²) in [5.41, 5.74) is 0. The molecule has 0 heterocycles. The molecule has 0 aliphatic carbocycles. The van der Waals surface area contributed by atoms with Crippen LogP contribution >= 0.6 is 0 Å². The molecule has 0 aromatic heterocycles.